The van der Waals surface area contributed by atoms with Gasteiger partial charge in [-0.05, 0) is 24.1 Å². The Bertz CT molecular complexity index is 754. The van der Waals surface area contributed by atoms with E-state index in [-0.39, 0.29) is 5.78 Å². The van der Waals surface area contributed by atoms with Gasteiger partial charge in [-0.2, -0.15) is 0 Å². The number of ketones is 1. The first-order chi connectivity index (χ1) is 10.8. The second kappa shape index (κ2) is 6.23. The average Bonchev–Trinajstić information content (AvgIpc) is 2.59. The third-order valence-electron chi connectivity index (χ3n) is 3.20. The van der Waals surface area contributed by atoms with E-state index in [2.05, 4.69) is 11.8 Å². The predicted octanol–water partition coefficient (Wildman–Crippen LogP) is 2.70. The largest absolute Gasteiger partial charge is 0.496 e. The Morgan fingerprint density at radius 1 is 1.09 bits per heavy atom. The van der Waals surface area contributed by atoms with E-state index in [1.165, 1.54) is 7.11 Å². The molecular weight excluding hydrogens is 280 g/mol. The summed E-state index contributed by atoms with van der Waals surface area (Å²) >= 11 is 0. The molecule has 0 spiro atoms. The van der Waals surface area contributed by atoms with Crippen molar-refractivity contribution in [1.82, 2.24) is 0 Å². The van der Waals surface area contributed by atoms with Gasteiger partial charge in [-0.3, -0.25) is 4.79 Å². The van der Waals surface area contributed by atoms with E-state index in [9.17, 15) is 4.79 Å². The molecule has 0 atom stereocenters. The Kier molecular flexibility index (Phi) is 3.97. The second-order valence-corrected chi connectivity index (χ2v) is 4.64. The maximum Gasteiger partial charge on any atom is 0.240 e. The van der Waals surface area contributed by atoms with Crippen LogP contribution in [0.15, 0.2) is 42.5 Å². The van der Waals surface area contributed by atoms with E-state index in [0.717, 1.165) is 5.56 Å². The smallest absolute Gasteiger partial charge is 0.240 e. The summed E-state index contributed by atoms with van der Waals surface area (Å²) in [7, 11) is 1.51. The van der Waals surface area contributed by atoms with Gasteiger partial charge in [0.25, 0.3) is 0 Å². The number of carbonyl (C=O) groups is 1. The fraction of sp³-hybridized carbons (Fsp3) is 0.167. The third-order valence-corrected chi connectivity index (χ3v) is 3.20. The molecule has 0 amide bonds. The molecule has 4 nitrogen and oxygen atoms in total. The maximum absolute atomic E-state index is 12.3. The van der Waals surface area contributed by atoms with Crippen molar-refractivity contribution in [1.29, 1.82) is 0 Å². The fourth-order valence-corrected chi connectivity index (χ4v) is 2.13. The van der Waals surface area contributed by atoms with E-state index in [4.69, 9.17) is 14.2 Å². The Morgan fingerprint density at radius 3 is 2.45 bits per heavy atom. The van der Waals surface area contributed by atoms with E-state index in [1.807, 2.05) is 30.3 Å². The minimum atomic E-state index is -0.322. The van der Waals surface area contributed by atoms with Crippen LogP contribution in [0.25, 0.3) is 0 Å². The minimum absolute atomic E-state index is 0.322. The van der Waals surface area contributed by atoms with Gasteiger partial charge in [0.1, 0.15) is 19.0 Å². The third kappa shape index (κ3) is 2.89. The van der Waals surface area contributed by atoms with Crippen molar-refractivity contribution in [2.75, 3.05) is 20.3 Å². The van der Waals surface area contributed by atoms with Gasteiger partial charge in [0.15, 0.2) is 11.5 Å². The second-order valence-electron chi connectivity index (χ2n) is 4.64. The van der Waals surface area contributed by atoms with Crippen LogP contribution in [0.5, 0.6) is 17.2 Å². The monoisotopic (exact) mass is 294 g/mol. The minimum Gasteiger partial charge on any atom is -0.496 e. The van der Waals surface area contributed by atoms with Crippen LogP contribution in [-0.4, -0.2) is 26.1 Å². The van der Waals surface area contributed by atoms with Gasteiger partial charge in [-0.1, -0.05) is 24.1 Å². The summed E-state index contributed by atoms with van der Waals surface area (Å²) in [5.74, 6) is 6.70. The predicted molar refractivity (Wildman–Crippen MR) is 81.6 cm³/mol. The van der Waals surface area contributed by atoms with Crippen molar-refractivity contribution in [3.63, 3.8) is 0 Å². The molecule has 0 saturated heterocycles. The molecular formula is C18H14O4. The summed E-state index contributed by atoms with van der Waals surface area (Å²) < 4.78 is 16.2. The van der Waals surface area contributed by atoms with Crippen molar-refractivity contribution in [2.45, 2.75) is 0 Å². The van der Waals surface area contributed by atoms with Crippen LogP contribution in [0.4, 0.5) is 0 Å². The topological polar surface area (TPSA) is 44.8 Å². The van der Waals surface area contributed by atoms with E-state index >= 15 is 0 Å². The number of fused-ring (bicyclic) bond motifs is 1. The van der Waals surface area contributed by atoms with Gasteiger partial charge < -0.3 is 14.2 Å². The Morgan fingerprint density at radius 2 is 1.77 bits per heavy atom. The van der Waals surface area contributed by atoms with Gasteiger partial charge in [0, 0.05) is 11.6 Å². The summed E-state index contributed by atoms with van der Waals surface area (Å²) in [6.45, 7) is 0.944. The molecule has 2 aromatic rings. The zero-order chi connectivity index (χ0) is 15.4. The van der Waals surface area contributed by atoms with Crippen LogP contribution in [0.1, 0.15) is 15.9 Å². The van der Waals surface area contributed by atoms with Crippen molar-refractivity contribution >= 4 is 5.78 Å². The van der Waals surface area contributed by atoms with Crippen LogP contribution in [0.2, 0.25) is 0 Å². The highest BCUT2D eigenvalue weighted by Crippen LogP contribution is 2.36. The van der Waals surface area contributed by atoms with E-state index in [0.29, 0.717) is 36.0 Å². The summed E-state index contributed by atoms with van der Waals surface area (Å²) in [4.78, 5) is 12.3. The molecule has 4 heteroatoms. The molecule has 1 aliphatic rings. The highest BCUT2D eigenvalue weighted by molar-refractivity contribution is 6.11. The maximum atomic E-state index is 12.3. The lowest BCUT2D eigenvalue weighted by atomic mass is 10.1. The van der Waals surface area contributed by atoms with Crippen LogP contribution in [-0.2, 0) is 0 Å². The van der Waals surface area contributed by atoms with Crippen LogP contribution in [0, 0.1) is 11.8 Å². The Balaban J connectivity index is 1.93. The Hall–Kier alpha value is -2.93. The summed E-state index contributed by atoms with van der Waals surface area (Å²) in [6.07, 6.45) is 0. The zero-order valence-electron chi connectivity index (χ0n) is 12.1. The van der Waals surface area contributed by atoms with Gasteiger partial charge in [-0.25, -0.2) is 0 Å². The molecule has 22 heavy (non-hydrogen) atoms. The molecule has 1 aliphatic heterocycles. The number of carbonyl (C=O) groups excluding carboxylic acids is 1. The Labute approximate surface area is 128 Å². The average molecular weight is 294 g/mol. The first-order valence-electron chi connectivity index (χ1n) is 6.87. The number of rotatable bonds is 2. The number of hydrogen-bond donors (Lipinski definition) is 0. The molecule has 2 aromatic carbocycles. The van der Waals surface area contributed by atoms with Gasteiger partial charge in [0.2, 0.25) is 5.78 Å². The standard InChI is InChI=1S/C18H14O4/c1-20-16-12-18-17(21-9-10-22-18)11-14(16)15(19)8-7-13-5-3-2-4-6-13/h2-6,11-12H,9-10H2,1H3. The molecule has 0 saturated carbocycles. The fourth-order valence-electron chi connectivity index (χ4n) is 2.13. The highest BCUT2D eigenvalue weighted by atomic mass is 16.6. The van der Waals surface area contributed by atoms with Crippen molar-refractivity contribution in [2.24, 2.45) is 0 Å². The number of hydrogen-bond acceptors (Lipinski definition) is 4. The molecule has 3 rings (SSSR count). The number of Topliss-reactive ketones (excluding diaryl/α,β-unsaturated/α-hetero) is 1. The molecule has 0 N–H and O–H groups in total. The van der Waals surface area contributed by atoms with Crippen LogP contribution in [0.3, 0.4) is 0 Å². The molecule has 0 unspecified atom stereocenters. The molecule has 0 aliphatic carbocycles. The van der Waals surface area contributed by atoms with Gasteiger partial charge in [0.05, 0.1) is 12.7 Å². The van der Waals surface area contributed by atoms with Crippen molar-refractivity contribution in [3.05, 3.63) is 53.6 Å². The lowest BCUT2D eigenvalue weighted by Crippen LogP contribution is -2.16. The quantitative estimate of drug-likeness (QED) is 0.631. The van der Waals surface area contributed by atoms with Crippen LogP contribution >= 0.6 is 0 Å². The summed E-state index contributed by atoms with van der Waals surface area (Å²) in [5.41, 5.74) is 1.16. The molecule has 0 radical (unpaired) electrons. The number of ether oxygens (including phenoxy) is 3. The highest BCUT2D eigenvalue weighted by Gasteiger charge is 2.19. The molecule has 110 valence electrons. The molecule has 0 aromatic heterocycles. The number of methoxy groups -OCH3 is 1. The molecule has 1 heterocycles. The van der Waals surface area contributed by atoms with Gasteiger partial charge >= 0.3 is 0 Å². The van der Waals surface area contributed by atoms with Crippen molar-refractivity contribution in [3.8, 4) is 29.1 Å². The van der Waals surface area contributed by atoms with E-state index in [1.54, 1.807) is 12.1 Å². The zero-order valence-corrected chi connectivity index (χ0v) is 12.1. The lowest BCUT2D eigenvalue weighted by molar-refractivity contribution is 0.105. The SMILES string of the molecule is COc1cc2c(cc1C(=O)C#Cc1ccccc1)OCCO2. The van der Waals surface area contributed by atoms with Gasteiger partial charge in [-0.15, -0.1) is 0 Å². The molecule has 0 bridgehead atoms. The normalized spacial score (nSPS) is 12.0. The lowest BCUT2D eigenvalue weighted by Gasteiger charge is -2.19. The van der Waals surface area contributed by atoms with Crippen molar-refractivity contribution < 1.29 is 19.0 Å². The van der Waals surface area contributed by atoms with E-state index < -0.39 is 0 Å². The number of benzene rings is 2. The first kappa shape index (κ1) is 14.0. The van der Waals surface area contributed by atoms with Crippen LogP contribution < -0.4 is 14.2 Å². The summed E-state index contributed by atoms with van der Waals surface area (Å²) in [6, 6.07) is 12.6. The first-order valence-corrected chi connectivity index (χ1v) is 6.87. The molecule has 0 fully saturated rings. The summed E-state index contributed by atoms with van der Waals surface area (Å²) in [5, 5.41) is 0.